The number of nitrogens with zero attached hydrogens (tertiary/aromatic N) is 4. The monoisotopic (exact) mass is 209 g/mol. The molecule has 14 heavy (non-hydrogen) atoms. The summed E-state index contributed by atoms with van der Waals surface area (Å²) >= 11 is 1.35. The molecule has 0 saturated carbocycles. The van der Waals surface area contributed by atoms with Gasteiger partial charge in [0.15, 0.2) is 5.82 Å². The molecule has 6 heteroatoms. The Hall–Kier alpha value is -1.30. The molecule has 0 aliphatic carbocycles. The summed E-state index contributed by atoms with van der Waals surface area (Å²) in [6.07, 6.45) is 1.99. The molecule has 2 heterocycles. The summed E-state index contributed by atoms with van der Waals surface area (Å²) in [5, 5.41) is 11.0. The Morgan fingerprint density at radius 1 is 1.43 bits per heavy atom. The third-order valence-corrected chi connectivity index (χ3v) is 2.61. The number of H-pyrrole nitrogens is 1. The maximum Gasteiger partial charge on any atom is 0.194 e. The average molecular weight is 209 g/mol. The molecule has 5 nitrogen and oxygen atoms in total. The molecule has 0 amide bonds. The lowest BCUT2D eigenvalue weighted by molar-refractivity contribution is 0.870. The van der Waals surface area contributed by atoms with Crippen LogP contribution in [-0.4, -0.2) is 24.8 Å². The van der Waals surface area contributed by atoms with E-state index in [0.717, 1.165) is 29.2 Å². The molecule has 74 valence electrons. The van der Waals surface area contributed by atoms with Gasteiger partial charge in [-0.3, -0.25) is 5.10 Å². The van der Waals surface area contributed by atoms with Crippen LogP contribution in [0.3, 0.4) is 0 Å². The third-order valence-electron chi connectivity index (χ3n) is 1.84. The molecule has 0 saturated heterocycles. The quantitative estimate of drug-likeness (QED) is 0.833. The summed E-state index contributed by atoms with van der Waals surface area (Å²) in [6, 6.07) is 0. The molecule has 0 bridgehead atoms. The molecule has 0 aliphatic rings. The van der Waals surface area contributed by atoms with Gasteiger partial charge in [-0.15, -0.1) is 5.10 Å². The molecule has 0 unspecified atom stereocenters. The first-order valence-corrected chi connectivity index (χ1v) is 5.29. The van der Waals surface area contributed by atoms with Crippen LogP contribution < -0.4 is 0 Å². The maximum atomic E-state index is 4.26. The number of nitrogens with one attached hydrogen (secondary N) is 1. The van der Waals surface area contributed by atoms with Crippen molar-refractivity contribution in [3.8, 4) is 10.7 Å². The van der Waals surface area contributed by atoms with Gasteiger partial charge in [0.25, 0.3) is 0 Å². The van der Waals surface area contributed by atoms with Gasteiger partial charge in [0.1, 0.15) is 10.7 Å². The second-order valence-electron chi connectivity index (χ2n) is 3.04. The van der Waals surface area contributed by atoms with Crippen LogP contribution in [0, 0.1) is 6.92 Å². The molecule has 1 N–H and O–H groups in total. The molecule has 0 atom stereocenters. The number of aromatic amines is 1. The summed E-state index contributed by atoms with van der Waals surface area (Å²) in [5.41, 5.74) is 0.997. The summed E-state index contributed by atoms with van der Waals surface area (Å²) in [5.74, 6) is 1.52. The fraction of sp³-hybridized carbons (Fsp3) is 0.500. The van der Waals surface area contributed by atoms with Crippen LogP contribution in [0.25, 0.3) is 10.7 Å². The summed E-state index contributed by atoms with van der Waals surface area (Å²) in [7, 11) is 0. The van der Waals surface area contributed by atoms with Crippen LogP contribution in [0.15, 0.2) is 0 Å². The highest BCUT2D eigenvalue weighted by atomic mass is 32.1. The van der Waals surface area contributed by atoms with E-state index in [9.17, 15) is 0 Å². The highest BCUT2D eigenvalue weighted by molar-refractivity contribution is 7.09. The maximum absolute atomic E-state index is 4.26. The van der Waals surface area contributed by atoms with Crippen molar-refractivity contribution in [3.63, 3.8) is 0 Å². The molecule has 0 fully saturated rings. The van der Waals surface area contributed by atoms with E-state index < -0.39 is 0 Å². The number of hydrogen-bond acceptors (Lipinski definition) is 5. The molecule has 2 rings (SSSR count). The molecule has 0 spiro atoms. The van der Waals surface area contributed by atoms with Crippen molar-refractivity contribution in [1.29, 1.82) is 0 Å². The molecular weight excluding hydrogens is 198 g/mol. The molecule has 0 aromatic carbocycles. The van der Waals surface area contributed by atoms with Crippen LogP contribution in [0.2, 0.25) is 0 Å². The van der Waals surface area contributed by atoms with E-state index in [1.165, 1.54) is 11.5 Å². The predicted molar refractivity (Wildman–Crippen MR) is 54.0 cm³/mol. The second-order valence-corrected chi connectivity index (χ2v) is 3.80. The minimum Gasteiger partial charge on any atom is -0.263 e. The first-order valence-electron chi connectivity index (χ1n) is 4.52. The van der Waals surface area contributed by atoms with Gasteiger partial charge in [0.05, 0.1) is 5.69 Å². The van der Waals surface area contributed by atoms with E-state index in [1.807, 2.05) is 6.92 Å². The fourth-order valence-electron chi connectivity index (χ4n) is 1.22. The minimum atomic E-state index is 0.709. The molecule has 2 aromatic rings. The molecule has 2 aromatic heterocycles. The highest BCUT2D eigenvalue weighted by Crippen LogP contribution is 2.23. The van der Waals surface area contributed by atoms with Gasteiger partial charge in [0, 0.05) is 0 Å². The molecule has 0 aliphatic heterocycles. The van der Waals surface area contributed by atoms with E-state index in [4.69, 9.17) is 0 Å². The standard InChI is InChI=1S/C8H11N5S/c1-3-4-6-7(14-13-11-6)8-9-5(2)10-12-8/h3-4H2,1-2H3,(H,9,10,12). The van der Waals surface area contributed by atoms with Gasteiger partial charge in [-0.25, -0.2) is 4.98 Å². The SMILES string of the molecule is CCCc1nnsc1-c1n[nH]c(C)n1. The van der Waals surface area contributed by atoms with E-state index in [1.54, 1.807) is 0 Å². The van der Waals surface area contributed by atoms with Crippen molar-refractivity contribution in [1.82, 2.24) is 24.8 Å². The fourth-order valence-corrected chi connectivity index (χ4v) is 1.87. The highest BCUT2D eigenvalue weighted by Gasteiger charge is 2.13. The zero-order valence-corrected chi connectivity index (χ0v) is 8.93. The van der Waals surface area contributed by atoms with Crippen molar-refractivity contribution >= 4 is 11.5 Å². The topological polar surface area (TPSA) is 67.3 Å². The Labute approximate surface area is 85.8 Å². The zero-order chi connectivity index (χ0) is 9.97. The van der Waals surface area contributed by atoms with Crippen LogP contribution in [0.5, 0.6) is 0 Å². The minimum absolute atomic E-state index is 0.709. The van der Waals surface area contributed by atoms with Gasteiger partial charge in [0.2, 0.25) is 0 Å². The lowest BCUT2D eigenvalue weighted by Gasteiger charge is -1.92. The normalized spacial score (nSPS) is 10.7. The van der Waals surface area contributed by atoms with Crippen LogP contribution in [-0.2, 0) is 6.42 Å². The largest absolute Gasteiger partial charge is 0.263 e. The van der Waals surface area contributed by atoms with E-state index in [2.05, 4.69) is 31.7 Å². The third kappa shape index (κ3) is 1.65. The van der Waals surface area contributed by atoms with E-state index in [0.29, 0.717) is 5.82 Å². The van der Waals surface area contributed by atoms with Crippen molar-refractivity contribution in [2.75, 3.05) is 0 Å². The van der Waals surface area contributed by atoms with Crippen LogP contribution in [0.4, 0.5) is 0 Å². The lowest BCUT2D eigenvalue weighted by atomic mass is 10.2. The predicted octanol–water partition coefficient (Wildman–Crippen LogP) is 1.58. The van der Waals surface area contributed by atoms with Gasteiger partial charge in [-0.1, -0.05) is 17.8 Å². The number of aromatic nitrogens is 5. The number of rotatable bonds is 3. The van der Waals surface area contributed by atoms with Crippen LogP contribution in [0.1, 0.15) is 24.9 Å². The van der Waals surface area contributed by atoms with Crippen molar-refractivity contribution in [2.24, 2.45) is 0 Å². The number of aryl methyl sites for hydroxylation is 2. The lowest BCUT2D eigenvalue weighted by Crippen LogP contribution is -1.88. The van der Waals surface area contributed by atoms with Gasteiger partial charge < -0.3 is 0 Å². The summed E-state index contributed by atoms with van der Waals surface area (Å²) in [6.45, 7) is 4.00. The van der Waals surface area contributed by atoms with Crippen molar-refractivity contribution in [2.45, 2.75) is 26.7 Å². The van der Waals surface area contributed by atoms with Crippen molar-refractivity contribution in [3.05, 3.63) is 11.5 Å². The summed E-state index contributed by atoms with van der Waals surface area (Å²) in [4.78, 5) is 5.24. The van der Waals surface area contributed by atoms with Crippen molar-refractivity contribution < 1.29 is 0 Å². The summed E-state index contributed by atoms with van der Waals surface area (Å²) < 4.78 is 3.92. The Balaban J connectivity index is 2.36. The molecule has 0 radical (unpaired) electrons. The van der Waals surface area contributed by atoms with Gasteiger partial charge in [-0.05, 0) is 24.9 Å². The molecular formula is C8H11N5S. The Morgan fingerprint density at radius 3 is 2.93 bits per heavy atom. The Bertz CT molecular complexity index is 419. The van der Waals surface area contributed by atoms with Crippen LogP contribution >= 0.6 is 11.5 Å². The number of hydrogen-bond donors (Lipinski definition) is 1. The smallest absolute Gasteiger partial charge is 0.194 e. The zero-order valence-electron chi connectivity index (χ0n) is 8.11. The Kier molecular flexibility index (Phi) is 2.53. The average Bonchev–Trinajstić information content (AvgIpc) is 2.74. The first kappa shape index (κ1) is 9.26. The first-order chi connectivity index (χ1) is 6.81. The van der Waals surface area contributed by atoms with Gasteiger partial charge >= 0.3 is 0 Å². The Morgan fingerprint density at radius 2 is 2.29 bits per heavy atom. The van der Waals surface area contributed by atoms with E-state index in [-0.39, 0.29) is 0 Å². The van der Waals surface area contributed by atoms with E-state index >= 15 is 0 Å². The second kappa shape index (κ2) is 3.83. The van der Waals surface area contributed by atoms with Gasteiger partial charge in [-0.2, -0.15) is 5.10 Å².